The zero-order valence-electron chi connectivity index (χ0n) is 13.3. The van der Waals surface area contributed by atoms with E-state index in [1.165, 1.54) is 11.1 Å². The Kier molecular flexibility index (Phi) is 5.63. The van der Waals surface area contributed by atoms with E-state index in [9.17, 15) is 8.42 Å². The van der Waals surface area contributed by atoms with Crippen LogP contribution in [0.4, 0.5) is 5.69 Å². The summed E-state index contributed by atoms with van der Waals surface area (Å²) in [7, 11) is -3.07. The molecule has 1 aromatic carbocycles. The average molecular weight is 297 g/mol. The van der Waals surface area contributed by atoms with E-state index in [0.717, 1.165) is 18.5 Å². The molecule has 4 heteroatoms. The molecule has 0 aliphatic rings. The van der Waals surface area contributed by atoms with Crippen LogP contribution in [0.1, 0.15) is 45.7 Å². The van der Waals surface area contributed by atoms with Gasteiger partial charge in [-0.3, -0.25) is 0 Å². The van der Waals surface area contributed by atoms with Crippen LogP contribution in [0.2, 0.25) is 0 Å². The van der Waals surface area contributed by atoms with Crippen LogP contribution in [-0.4, -0.2) is 25.5 Å². The summed E-state index contributed by atoms with van der Waals surface area (Å²) in [6.07, 6.45) is 1.89. The molecule has 0 fully saturated rings. The van der Waals surface area contributed by atoms with Gasteiger partial charge in [-0.15, -0.1) is 0 Å². The standard InChI is InChI=1S/C16H27NO2S/c1-6-13-9-8-10-14(7-2)15(13)17-11-12-20(18,19)16(3,4)5/h8-10,17H,6-7,11-12H2,1-5H3. The van der Waals surface area contributed by atoms with Crippen LogP contribution in [0.5, 0.6) is 0 Å². The van der Waals surface area contributed by atoms with Gasteiger partial charge < -0.3 is 5.32 Å². The summed E-state index contributed by atoms with van der Waals surface area (Å²) >= 11 is 0. The number of anilines is 1. The first-order valence-electron chi connectivity index (χ1n) is 7.30. The van der Waals surface area contributed by atoms with Gasteiger partial charge in [-0.25, -0.2) is 8.42 Å². The smallest absolute Gasteiger partial charge is 0.156 e. The second kappa shape index (κ2) is 6.61. The predicted octanol–water partition coefficient (Wildman–Crippen LogP) is 3.44. The molecule has 1 aromatic rings. The third kappa shape index (κ3) is 3.98. The fourth-order valence-corrected chi connectivity index (χ4v) is 3.07. The van der Waals surface area contributed by atoms with Crippen LogP contribution < -0.4 is 5.32 Å². The Labute approximate surface area is 123 Å². The highest BCUT2D eigenvalue weighted by atomic mass is 32.2. The van der Waals surface area contributed by atoms with E-state index in [-0.39, 0.29) is 5.75 Å². The zero-order chi connectivity index (χ0) is 15.4. The monoisotopic (exact) mass is 297 g/mol. The molecule has 0 bridgehead atoms. The first kappa shape index (κ1) is 17.0. The lowest BCUT2D eigenvalue weighted by Gasteiger charge is -2.20. The van der Waals surface area contributed by atoms with Crippen LogP contribution in [-0.2, 0) is 22.7 Å². The van der Waals surface area contributed by atoms with Crippen molar-refractivity contribution in [2.75, 3.05) is 17.6 Å². The van der Waals surface area contributed by atoms with Crippen molar-refractivity contribution in [1.82, 2.24) is 0 Å². The fraction of sp³-hybridized carbons (Fsp3) is 0.625. The molecular weight excluding hydrogens is 270 g/mol. The predicted molar refractivity (Wildman–Crippen MR) is 87.2 cm³/mol. The van der Waals surface area contributed by atoms with Gasteiger partial charge in [-0.2, -0.15) is 0 Å². The van der Waals surface area contributed by atoms with Crippen LogP contribution in [0.3, 0.4) is 0 Å². The number of aryl methyl sites for hydroxylation is 2. The van der Waals surface area contributed by atoms with Gasteiger partial charge in [0.2, 0.25) is 0 Å². The van der Waals surface area contributed by atoms with Crippen molar-refractivity contribution in [3.8, 4) is 0 Å². The van der Waals surface area contributed by atoms with Crippen molar-refractivity contribution in [3.05, 3.63) is 29.3 Å². The molecule has 0 saturated heterocycles. The highest BCUT2D eigenvalue weighted by Crippen LogP contribution is 2.23. The number of para-hydroxylation sites is 1. The summed E-state index contributed by atoms with van der Waals surface area (Å²) in [5.74, 6) is 0.164. The molecule has 0 radical (unpaired) electrons. The lowest BCUT2D eigenvalue weighted by atomic mass is 10.0. The van der Waals surface area contributed by atoms with Gasteiger partial charge in [-0.05, 0) is 44.7 Å². The first-order chi connectivity index (χ1) is 9.23. The molecule has 0 saturated carbocycles. The number of hydrogen-bond donors (Lipinski definition) is 1. The van der Waals surface area contributed by atoms with Crippen molar-refractivity contribution in [1.29, 1.82) is 0 Å². The topological polar surface area (TPSA) is 46.2 Å². The van der Waals surface area contributed by atoms with Gasteiger partial charge in [-0.1, -0.05) is 32.0 Å². The lowest BCUT2D eigenvalue weighted by Crippen LogP contribution is -2.33. The molecule has 1 rings (SSSR count). The molecule has 0 heterocycles. The molecule has 0 aliphatic carbocycles. The zero-order valence-corrected chi connectivity index (χ0v) is 14.1. The number of nitrogens with one attached hydrogen (secondary N) is 1. The van der Waals surface area contributed by atoms with E-state index >= 15 is 0 Å². The molecule has 3 nitrogen and oxygen atoms in total. The van der Waals surface area contributed by atoms with E-state index in [0.29, 0.717) is 6.54 Å². The van der Waals surface area contributed by atoms with E-state index < -0.39 is 14.6 Å². The second-order valence-electron chi connectivity index (χ2n) is 6.02. The van der Waals surface area contributed by atoms with Crippen LogP contribution in [0.25, 0.3) is 0 Å². The largest absolute Gasteiger partial charge is 0.384 e. The summed E-state index contributed by atoms with van der Waals surface area (Å²) in [5.41, 5.74) is 3.61. The molecule has 0 unspecified atom stereocenters. The summed E-state index contributed by atoms with van der Waals surface area (Å²) < 4.78 is 23.5. The summed E-state index contributed by atoms with van der Waals surface area (Å²) in [5, 5.41) is 3.33. The fourth-order valence-electron chi connectivity index (χ4n) is 2.09. The maximum atomic E-state index is 12.1. The quantitative estimate of drug-likeness (QED) is 0.875. The number of rotatable bonds is 6. The van der Waals surface area contributed by atoms with E-state index in [2.05, 4.69) is 37.4 Å². The minimum Gasteiger partial charge on any atom is -0.384 e. The van der Waals surface area contributed by atoms with Crippen LogP contribution in [0.15, 0.2) is 18.2 Å². The maximum absolute atomic E-state index is 12.1. The molecule has 0 spiro atoms. The number of sulfone groups is 1. The highest BCUT2D eigenvalue weighted by molar-refractivity contribution is 7.92. The lowest BCUT2D eigenvalue weighted by molar-refractivity contribution is 0.560. The third-order valence-corrected chi connectivity index (χ3v) is 6.21. The van der Waals surface area contributed by atoms with Crippen LogP contribution >= 0.6 is 0 Å². The van der Waals surface area contributed by atoms with Gasteiger partial charge >= 0.3 is 0 Å². The first-order valence-corrected chi connectivity index (χ1v) is 8.95. The number of hydrogen-bond acceptors (Lipinski definition) is 3. The molecule has 0 aromatic heterocycles. The van der Waals surface area contributed by atoms with Crippen molar-refractivity contribution >= 4 is 15.5 Å². The molecule has 0 atom stereocenters. The summed E-state index contributed by atoms with van der Waals surface area (Å²) in [6, 6.07) is 6.26. The van der Waals surface area contributed by atoms with Crippen LogP contribution in [0, 0.1) is 0 Å². The Morgan fingerprint density at radius 1 is 1.05 bits per heavy atom. The maximum Gasteiger partial charge on any atom is 0.156 e. The highest BCUT2D eigenvalue weighted by Gasteiger charge is 2.28. The van der Waals surface area contributed by atoms with E-state index in [1.54, 1.807) is 20.8 Å². The minimum atomic E-state index is -3.07. The Morgan fingerprint density at radius 2 is 1.55 bits per heavy atom. The molecule has 0 amide bonds. The number of benzene rings is 1. The Balaban J connectivity index is 2.81. The van der Waals surface area contributed by atoms with Crippen molar-refractivity contribution < 1.29 is 8.42 Å². The van der Waals surface area contributed by atoms with E-state index in [1.807, 2.05) is 0 Å². The third-order valence-electron chi connectivity index (χ3n) is 3.60. The normalized spacial score (nSPS) is 12.4. The minimum absolute atomic E-state index is 0.164. The Morgan fingerprint density at radius 3 is 1.95 bits per heavy atom. The molecule has 20 heavy (non-hydrogen) atoms. The van der Waals surface area contributed by atoms with Gasteiger partial charge in [0, 0.05) is 12.2 Å². The second-order valence-corrected chi connectivity index (χ2v) is 8.88. The van der Waals surface area contributed by atoms with Crippen molar-refractivity contribution in [2.24, 2.45) is 0 Å². The van der Waals surface area contributed by atoms with Gasteiger partial charge in [0.15, 0.2) is 9.84 Å². The van der Waals surface area contributed by atoms with Gasteiger partial charge in [0.05, 0.1) is 10.5 Å². The van der Waals surface area contributed by atoms with Gasteiger partial charge in [0.1, 0.15) is 0 Å². The molecule has 1 N–H and O–H groups in total. The SMILES string of the molecule is CCc1cccc(CC)c1NCCS(=O)(=O)C(C)(C)C. The summed E-state index contributed by atoms with van der Waals surface area (Å²) in [6.45, 7) is 9.95. The Bertz CT molecular complexity index is 520. The average Bonchev–Trinajstić information content (AvgIpc) is 2.37. The van der Waals surface area contributed by atoms with Crippen molar-refractivity contribution in [3.63, 3.8) is 0 Å². The molecular formula is C16H27NO2S. The summed E-state index contributed by atoms with van der Waals surface area (Å²) in [4.78, 5) is 0. The molecule has 114 valence electrons. The Hall–Kier alpha value is -1.03. The van der Waals surface area contributed by atoms with Gasteiger partial charge in [0.25, 0.3) is 0 Å². The van der Waals surface area contributed by atoms with E-state index in [4.69, 9.17) is 0 Å². The molecule has 0 aliphatic heterocycles. The van der Waals surface area contributed by atoms with Crippen molar-refractivity contribution in [2.45, 2.75) is 52.2 Å².